The van der Waals surface area contributed by atoms with Crippen molar-refractivity contribution >= 4 is 18.1 Å². The predicted molar refractivity (Wildman–Crippen MR) is 48.9 cm³/mol. The first kappa shape index (κ1) is 13.0. The molecule has 0 unspecified atom stereocenters. The minimum Gasteiger partial charge on any atom is -0.453 e. The summed E-state index contributed by atoms with van der Waals surface area (Å²) in [5, 5.41) is 4.35. The Morgan fingerprint density at radius 2 is 1.73 bits per heavy atom. The summed E-state index contributed by atoms with van der Waals surface area (Å²) in [7, 11) is 2.31. The first-order valence-electron chi connectivity index (χ1n) is 3.96. The van der Waals surface area contributed by atoms with Gasteiger partial charge in [0.05, 0.1) is 20.8 Å². The van der Waals surface area contributed by atoms with Gasteiger partial charge in [0, 0.05) is 0 Å². The Kier molecular flexibility index (Phi) is 5.60. The molecule has 0 spiro atoms. The lowest BCUT2D eigenvalue weighted by atomic mass is 10.3. The molecule has 15 heavy (non-hydrogen) atoms. The van der Waals surface area contributed by atoms with E-state index >= 15 is 0 Å². The van der Waals surface area contributed by atoms with Crippen LogP contribution in [0.1, 0.15) is 0 Å². The van der Waals surface area contributed by atoms with E-state index in [0.717, 1.165) is 7.11 Å². The van der Waals surface area contributed by atoms with Gasteiger partial charge >= 0.3 is 12.2 Å². The Hall–Kier alpha value is -1.99. The molecule has 86 valence electrons. The third-order valence-electron chi connectivity index (χ3n) is 1.46. The molecule has 0 radical (unpaired) electrons. The number of methoxy groups -OCH3 is 2. The van der Waals surface area contributed by atoms with Crippen molar-refractivity contribution in [2.24, 2.45) is 5.73 Å². The summed E-state index contributed by atoms with van der Waals surface area (Å²) in [4.78, 5) is 32.2. The molecule has 0 aromatic carbocycles. The van der Waals surface area contributed by atoms with E-state index in [1.54, 1.807) is 0 Å². The van der Waals surface area contributed by atoms with E-state index in [1.807, 2.05) is 0 Å². The molecule has 0 aliphatic heterocycles. The molecule has 0 aliphatic carbocycles. The van der Waals surface area contributed by atoms with Gasteiger partial charge in [0.15, 0.2) is 0 Å². The zero-order valence-corrected chi connectivity index (χ0v) is 8.40. The van der Waals surface area contributed by atoms with Gasteiger partial charge in [0.1, 0.15) is 6.04 Å². The fourth-order valence-corrected chi connectivity index (χ4v) is 0.682. The van der Waals surface area contributed by atoms with Gasteiger partial charge in [0.25, 0.3) is 0 Å². The van der Waals surface area contributed by atoms with Crippen LogP contribution in [0.25, 0.3) is 0 Å². The second-order valence-electron chi connectivity index (χ2n) is 2.46. The summed E-state index contributed by atoms with van der Waals surface area (Å²) in [6.07, 6.45) is -1.54. The van der Waals surface area contributed by atoms with Crippen LogP contribution in [0.4, 0.5) is 9.59 Å². The van der Waals surface area contributed by atoms with Gasteiger partial charge in [-0.2, -0.15) is 0 Å². The SMILES string of the molecule is COC(=O)NC[C@H](NC(=O)OC)C(N)=O. The molecule has 1 atom stereocenters. The smallest absolute Gasteiger partial charge is 0.407 e. The molecule has 0 rings (SSSR count). The molecule has 0 aromatic rings. The van der Waals surface area contributed by atoms with Crippen LogP contribution in [0.3, 0.4) is 0 Å². The van der Waals surface area contributed by atoms with E-state index in [1.165, 1.54) is 7.11 Å². The second kappa shape index (κ2) is 6.46. The number of primary amides is 1. The number of amides is 3. The van der Waals surface area contributed by atoms with Gasteiger partial charge in [-0.05, 0) is 0 Å². The van der Waals surface area contributed by atoms with Crippen molar-refractivity contribution < 1.29 is 23.9 Å². The van der Waals surface area contributed by atoms with Gasteiger partial charge in [-0.15, -0.1) is 0 Å². The van der Waals surface area contributed by atoms with Crippen LogP contribution in [0.5, 0.6) is 0 Å². The number of alkyl carbamates (subject to hydrolysis) is 2. The minimum absolute atomic E-state index is 0.170. The van der Waals surface area contributed by atoms with Crippen molar-refractivity contribution in [3.63, 3.8) is 0 Å². The van der Waals surface area contributed by atoms with Gasteiger partial charge in [-0.3, -0.25) is 4.79 Å². The molecule has 4 N–H and O–H groups in total. The molecule has 0 saturated heterocycles. The molecule has 0 heterocycles. The molecule has 8 heteroatoms. The number of rotatable bonds is 4. The second-order valence-corrected chi connectivity index (χ2v) is 2.46. The number of nitrogens with two attached hydrogens (primary N) is 1. The molecule has 0 saturated carbocycles. The Balaban J connectivity index is 4.11. The van der Waals surface area contributed by atoms with E-state index in [4.69, 9.17) is 5.73 Å². The molecule has 0 aliphatic rings. The van der Waals surface area contributed by atoms with E-state index in [0.29, 0.717) is 0 Å². The average molecular weight is 219 g/mol. The maximum atomic E-state index is 10.8. The highest BCUT2D eigenvalue weighted by atomic mass is 16.5. The lowest BCUT2D eigenvalue weighted by molar-refractivity contribution is -0.119. The van der Waals surface area contributed by atoms with Crippen LogP contribution in [0, 0.1) is 0 Å². The fraction of sp³-hybridized carbons (Fsp3) is 0.571. The Morgan fingerprint density at radius 3 is 2.13 bits per heavy atom. The van der Waals surface area contributed by atoms with E-state index < -0.39 is 24.1 Å². The normalized spacial score (nSPS) is 11.1. The Morgan fingerprint density at radius 1 is 1.20 bits per heavy atom. The number of carbonyl (C=O) groups excluding carboxylic acids is 3. The van der Waals surface area contributed by atoms with E-state index in [9.17, 15) is 14.4 Å². The zero-order chi connectivity index (χ0) is 11.8. The number of hydrogen-bond acceptors (Lipinski definition) is 5. The topological polar surface area (TPSA) is 120 Å². The molecule has 0 aromatic heterocycles. The van der Waals surface area contributed by atoms with Gasteiger partial charge < -0.3 is 25.8 Å². The molecular formula is C7H13N3O5. The fourth-order valence-electron chi connectivity index (χ4n) is 0.682. The zero-order valence-electron chi connectivity index (χ0n) is 8.40. The summed E-state index contributed by atoms with van der Waals surface area (Å²) in [5.41, 5.74) is 4.97. The summed E-state index contributed by atoms with van der Waals surface area (Å²) >= 11 is 0. The average Bonchev–Trinajstić information content (AvgIpc) is 2.22. The summed E-state index contributed by atoms with van der Waals surface area (Å²) in [5.74, 6) is -0.795. The molecule has 0 fully saturated rings. The van der Waals surface area contributed by atoms with Crippen LogP contribution < -0.4 is 16.4 Å². The Bertz CT molecular complexity index is 255. The summed E-state index contributed by atoms with van der Waals surface area (Å²) < 4.78 is 8.53. The first-order valence-corrected chi connectivity index (χ1v) is 3.96. The van der Waals surface area contributed by atoms with Crippen molar-refractivity contribution in [3.05, 3.63) is 0 Å². The summed E-state index contributed by atoms with van der Waals surface area (Å²) in [6.45, 7) is -0.170. The van der Waals surface area contributed by atoms with E-state index in [-0.39, 0.29) is 6.54 Å². The third-order valence-corrected chi connectivity index (χ3v) is 1.46. The first-order chi connectivity index (χ1) is 7.01. The van der Waals surface area contributed by atoms with Gasteiger partial charge in [-0.1, -0.05) is 0 Å². The van der Waals surface area contributed by atoms with Crippen molar-refractivity contribution in [1.29, 1.82) is 0 Å². The molecule has 8 nitrogen and oxygen atoms in total. The minimum atomic E-state index is -1.04. The predicted octanol–water partition coefficient (Wildman–Crippen LogP) is -1.45. The number of carbonyl (C=O) groups is 3. The highest BCUT2D eigenvalue weighted by Gasteiger charge is 2.18. The quantitative estimate of drug-likeness (QED) is 0.534. The number of ether oxygens (including phenoxy) is 2. The van der Waals surface area contributed by atoms with Crippen molar-refractivity contribution in [2.45, 2.75) is 6.04 Å². The molecular weight excluding hydrogens is 206 g/mol. The number of hydrogen-bond donors (Lipinski definition) is 3. The maximum absolute atomic E-state index is 10.8. The van der Waals surface area contributed by atoms with Crippen molar-refractivity contribution in [1.82, 2.24) is 10.6 Å². The summed E-state index contributed by atoms with van der Waals surface area (Å²) in [6, 6.07) is -1.04. The van der Waals surface area contributed by atoms with Crippen LogP contribution >= 0.6 is 0 Å². The lowest BCUT2D eigenvalue weighted by Crippen LogP contribution is -2.51. The van der Waals surface area contributed by atoms with Crippen LogP contribution in [-0.4, -0.2) is 44.9 Å². The lowest BCUT2D eigenvalue weighted by Gasteiger charge is -2.14. The highest BCUT2D eigenvalue weighted by molar-refractivity contribution is 5.85. The van der Waals surface area contributed by atoms with Crippen LogP contribution in [-0.2, 0) is 14.3 Å². The maximum Gasteiger partial charge on any atom is 0.407 e. The van der Waals surface area contributed by atoms with Gasteiger partial charge in [-0.25, -0.2) is 9.59 Å². The standard InChI is InChI=1S/C7H13N3O5/c1-14-6(12)9-3-4(5(8)11)10-7(13)15-2/h4H,3H2,1-2H3,(H2,8,11)(H,9,12)(H,10,13)/t4-/m0/s1. The van der Waals surface area contributed by atoms with Crippen LogP contribution in [0.15, 0.2) is 0 Å². The monoisotopic (exact) mass is 219 g/mol. The van der Waals surface area contributed by atoms with Crippen molar-refractivity contribution in [3.8, 4) is 0 Å². The molecule has 3 amide bonds. The number of nitrogens with one attached hydrogen (secondary N) is 2. The van der Waals surface area contributed by atoms with E-state index in [2.05, 4.69) is 20.1 Å². The van der Waals surface area contributed by atoms with Gasteiger partial charge in [0.2, 0.25) is 5.91 Å². The molecule has 0 bridgehead atoms. The highest BCUT2D eigenvalue weighted by Crippen LogP contribution is 1.83. The van der Waals surface area contributed by atoms with Crippen LogP contribution in [0.2, 0.25) is 0 Å². The Labute approximate surface area is 86.1 Å². The third kappa shape index (κ3) is 5.34. The van der Waals surface area contributed by atoms with Crippen molar-refractivity contribution in [2.75, 3.05) is 20.8 Å². The largest absolute Gasteiger partial charge is 0.453 e.